The second-order valence-electron chi connectivity index (χ2n) is 4.39. The molecule has 1 fully saturated rings. The molecule has 0 aliphatic heterocycles. The Kier molecular flexibility index (Phi) is 2.71. The van der Waals surface area contributed by atoms with Gasteiger partial charge in [0.2, 0.25) is 0 Å². The van der Waals surface area contributed by atoms with Crippen LogP contribution in [0.1, 0.15) is 31.9 Å². The van der Waals surface area contributed by atoms with Crippen molar-refractivity contribution >= 4 is 15.9 Å². The van der Waals surface area contributed by atoms with E-state index in [1.165, 1.54) is 12.8 Å². The molecule has 0 radical (unpaired) electrons. The first-order valence-electron chi connectivity index (χ1n) is 5.06. The van der Waals surface area contributed by atoms with Crippen LogP contribution in [0.2, 0.25) is 0 Å². The number of rotatable bonds is 2. The molecule has 78 valence electrons. The van der Waals surface area contributed by atoms with E-state index in [0.717, 1.165) is 16.7 Å². The minimum absolute atomic E-state index is 0.204. The van der Waals surface area contributed by atoms with E-state index >= 15 is 0 Å². The highest BCUT2D eigenvalue weighted by Gasteiger charge is 2.39. The van der Waals surface area contributed by atoms with Gasteiger partial charge in [-0.15, -0.1) is 0 Å². The van der Waals surface area contributed by atoms with Crippen molar-refractivity contribution in [3.63, 3.8) is 0 Å². The van der Waals surface area contributed by atoms with Crippen molar-refractivity contribution in [3.05, 3.63) is 22.6 Å². The van der Waals surface area contributed by atoms with E-state index < -0.39 is 0 Å². The summed E-state index contributed by atoms with van der Waals surface area (Å²) < 4.78 is 6.68. The molecule has 0 bridgehead atoms. The molecule has 2 rings (SSSR count). The molecule has 1 aromatic rings. The Hall–Kier alpha value is -0.280. The number of nitrogens with one attached hydrogen (secondary N) is 1. The highest BCUT2D eigenvalue weighted by Crippen LogP contribution is 2.43. The van der Waals surface area contributed by atoms with Crippen LogP contribution >= 0.6 is 15.9 Å². The zero-order valence-electron chi connectivity index (χ0n) is 8.64. The van der Waals surface area contributed by atoms with E-state index in [2.05, 4.69) is 28.2 Å². The molecule has 0 aromatic carbocycles. The standard InChI is InChI=1S/C11H16BrNO/c1-11(5-3-8(7-11)13-2)10-9(12)4-6-14-10/h4,6,8,13H,3,5,7H2,1-2H3. The zero-order chi connectivity index (χ0) is 10.2. The van der Waals surface area contributed by atoms with Gasteiger partial charge in [-0.3, -0.25) is 0 Å². The molecule has 1 saturated carbocycles. The Morgan fingerprint density at radius 3 is 2.93 bits per heavy atom. The van der Waals surface area contributed by atoms with Gasteiger partial charge in [0, 0.05) is 11.5 Å². The SMILES string of the molecule is CNC1CCC(C)(c2occc2Br)C1. The number of furan rings is 1. The second-order valence-corrected chi connectivity index (χ2v) is 5.24. The van der Waals surface area contributed by atoms with Crippen LogP contribution in [0.25, 0.3) is 0 Å². The maximum absolute atomic E-state index is 5.57. The highest BCUT2D eigenvalue weighted by atomic mass is 79.9. The molecule has 0 spiro atoms. The summed E-state index contributed by atoms with van der Waals surface area (Å²) >= 11 is 3.54. The number of hydrogen-bond acceptors (Lipinski definition) is 2. The highest BCUT2D eigenvalue weighted by molar-refractivity contribution is 9.10. The van der Waals surface area contributed by atoms with Crippen LogP contribution in [0.3, 0.4) is 0 Å². The zero-order valence-corrected chi connectivity index (χ0v) is 10.2. The first kappa shape index (κ1) is 10.2. The molecule has 1 aliphatic carbocycles. The van der Waals surface area contributed by atoms with E-state index in [0.29, 0.717) is 6.04 Å². The molecule has 3 heteroatoms. The summed E-state index contributed by atoms with van der Waals surface area (Å²) in [5, 5.41) is 3.34. The average molecular weight is 258 g/mol. The summed E-state index contributed by atoms with van der Waals surface area (Å²) in [5.74, 6) is 1.11. The van der Waals surface area contributed by atoms with Gasteiger partial charge in [0.05, 0.1) is 10.7 Å². The number of halogens is 1. The summed E-state index contributed by atoms with van der Waals surface area (Å²) in [5.41, 5.74) is 0.204. The van der Waals surface area contributed by atoms with E-state index in [1.807, 2.05) is 13.1 Å². The fourth-order valence-corrected chi connectivity index (χ4v) is 3.10. The summed E-state index contributed by atoms with van der Waals surface area (Å²) in [6, 6.07) is 2.62. The Bertz CT molecular complexity index is 323. The molecule has 0 amide bonds. The minimum atomic E-state index is 0.204. The van der Waals surface area contributed by atoms with E-state index in [-0.39, 0.29) is 5.41 Å². The maximum atomic E-state index is 5.57. The Labute approximate surface area is 93.2 Å². The lowest BCUT2D eigenvalue weighted by Crippen LogP contribution is -2.25. The quantitative estimate of drug-likeness (QED) is 0.881. The first-order valence-corrected chi connectivity index (χ1v) is 5.86. The summed E-state index contributed by atoms with van der Waals surface area (Å²) in [7, 11) is 2.04. The predicted molar refractivity (Wildman–Crippen MR) is 60.5 cm³/mol. The van der Waals surface area contributed by atoms with Gasteiger partial charge in [0.1, 0.15) is 5.76 Å². The Morgan fingerprint density at radius 2 is 2.43 bits per heavy atom. The van der Waals surface area contributed by atoms with Crippen LogP contribution in [-0.4, -0.2) is 13.1 Å². The monoisotopic (exact) mass is 257 g/mol. The van der Waals surface area contributed by atoms with Crippen molar-refractivity contribution in [2.75, 3.05) is 7.05 Å². The summed E-state index contributed by atoms with van der Waals surface area (Å²) in [6.07, 6.45) is 5.36. The smallest absolute Gasteiger partial charge is 0.123 e. The molecule has 2 atom stereocenters. The molecule has 1 aromatic heterocycles. The third kappa shape index (κ3) is 1.63. The van der Waals surface area contributed by atoms with Crippen molar-refractivity contribution in [3.8, 4) is 0 Å². The largest absolute Gasteiger partial charge is 0.468 e. The summed E-state index contributed by atoms with van der Waals surface area (Å²) in [4.78, 5) is 0. The van der Waals surface area contributed by atoms with Crippen LogP contribution in [0.15, 0.2) is 21.2 Å². The maximum Gasteiger partial charge on any atom is 0.123 e. The summed E-state index contributed by atoms with van der Waals surface area (Å²) in [6.45, 7) is 2.29. The fourth-order valence-electron chi connectivity index (χ4n) is 2.42. The molecule has 1 N–H and O–H groups in total. The van der Waals surface area contributed by atoms with Crippen LogP contribution in [-0.2, 0) is 5.41 Å². The topological polar surface area (TPSA) is 25.2 Å². The van der Waals surface area contributed by atoms with Crippen LogP contribution in [0.4, 0.5) is 0 Å². The van der Waals surface area contributed by atoms with Gasteiger partial charge < -0.3 is 9.73 Å². The first-order chi connectivity index (χ1) is 6.65. The molecular formula is C11H16BrNO. The molecule has 14 heavy (non-hydrogen) atoms. The van der Waals surface area contributed by atoms with Gasteiger partial charge >= 0.3 is 0 Å². The number of hydrogen-bond donors (Lipinski definition) is 1. The molecule has 1 heterocycles. The molecule has 2 unspecified atom stereocenters. The van der Waals surface area contributed by atoms with Gasteiger partial charge in [0.15, 0.2) is 0 Å². The molecule has 2 nitrogen and oxygen atoms in total. The Morgan fingerprint density at radius 1 is 1.64 bits per heavy atom. The van der Waals surface area contributed by atoms with Gasteiger partial charge in [-0.1, -0.05) is 6.92 Å². The lowest BCUT2D eigenvalue weighted by atomic mass is 9.86. The minimum Gasteiger partial charge on any atom is -0.468 e. The van der Waals surface area contributed by atoms with Crippen molar-refractivity contribution < 1.29 is 4.42 Å². The molecular weight excluding hydrogens is 242 g/mol. The van der Waals surface area contributed by atoms with Gasteiger partial charge in [-0.2, -0.15) is 0 Å². The van der Waals surface area contributed by atoms with Crippen LogP contribution in [0, 0.1) is 0 Å². The lowest BCUT2D eigenvalue weighted by molar-refractivity contribution is 0.356. The predicted octanol–water partition coefficient (Wildman–Crippen LogP) is 3.07. The normalized spacial score (nSPS) is 32.4. The van der Waals surface area contributed by atoms with E-state index in [1.54, 1.807) is 6.26 Å². The van der Waals surface area contributed by atoms with E-state index in [9.17, 15) is 0 Å². The van der Waals surface area contributed by atoms with Crippen molar-refractivity contribution in [1.82, 2.24) is 5.32 Å². The lowest BCUT2D eigenvalue weighted by Gasteiger charge is -2.22. The van der Waals surface area contributed by atoms with Gasteiger partial charge in [0.25, 0.3) is 0 Å². The Balaban J connectivity index is 2.22. The van der Waals surface area contributed by atoms with Crippen molar-refractivity contribution in [2.45, 2.75) is 37.6 Å². The second kappa shape index (κ2) is 3.70. The van der Waals surface area contributed by atoms with Crippen molar-refractivity contribution in [1.29, 1.82) is 0 Å². The average Bonchev–Trinajstić information content (AvgIpc) is 2.73. The third-order valence-electron chi connectivity index (χ3n) is 3.32. The third-order valence-corrected chi connectivity index (χ3v) is 3.94. The fraction of sp³-hybridized carbons (Fsp3) is 0.636. The van der Waals surface area contributed by atoms with Gasteiger partial charge in [-0.25, -0.2) is 0 Å². The van der Waals surface area contributed by atoms with E-state index in [4.69, 9.17) is 4.42 Å². The molecule has 0 saturated heterocycles. The molecule has 1 aliphatic rings. The van der Waals surface area contributed by atoms with Gasteiger partial charge in [-0.05, 0) is 48.3 Å². The van der Waals surface area contributed by atoms with Crippen LogP contribution < -0.4 is 5.32 Å². The van der Waals surface area contributed by atoms with Crippen LogP contribution in [0.5, 0.6) is 0 Å². The van der Waals surface area contributed by atoms with Crippen molar-refractivity contribution in [2.24, 2.45) is 0 Å².